The molecule has 3 aromatic rings. The number of anilines is 2. The second kappa shape index (κ2) is 6.19. The summed E-state index contributed by atoms with van der Waals surface area (Å²) in [6, 6.07) is 12.2. The highest BCUT2D eigenvalue weighted by Gasteiger charge is 2.52. The molecule has 1 aliphatic carbocycles. The van der Waals surface area contributed by atoms with Crippen molar-refractivity contribution in [3.05, 3.63) is 70.5 Å². The number of fused-ring (bicyclic) bond motifs is 2. The molecule has 1 saturated carbocycles. The van der Waals surface area contributed by atoms with Gasteiger partial charge in [0.25, 0.3) is 0 Å². The lowest BCUT2D eigenvalue weighted by Crippen LogP contribution is -2.08. The van der Waals surface area contributed by atoms with Gasteiger partial charge in [0, 0.05) is 23.2 Å². The highest BCUT2D eigenvalue weighted by Crippen LogP contribution is 2.58. The third kappa shape index (κ3) is 2.79. The van der Waals surface area contributed by atoms with Crippen LogP contribution in [0.2, 0.25) is 0 Å². The lowest BCUT2D eigenvalue weighted by atomic mass is 9.97. The number of hydrogen-bond acceptors (Lipinski definition) is 7. The number of nitrogens with zero attached hydrogens (tertiary/aromatic N) is 3. The van der Waals surface area contributed by atoms with Crippen LogP contribution in [0.3, 0.4) is 0 Å². The van der Waals surface area contributed by atoms with E-state index in [1.165, 1.54) is 18.3 Å². The number of hydrogen-bond donors (Lipinski definition) is 1. The Bertz CT molecular complexity index is 1060. The molecular formula is C20H16N4O4. The van der Waals surface area contributed by atoms with E-state index in [-0.39, 0.29) is 16.9 Å². The Hall–Kier alpha value is -3.68. The van der Waals surface area contributed by atoms with Crippen LogP contribution in [0.4, 0.5) is 17.3 Å². The molecule has 0 amide bonds. The van der Waals surface area contributed by atoms with Crippen LogP contribution in [0.15, 0.2) is 54.9 Å². The van der Waals surface area contributed by atoms with E-state index < -0.39 is 4.92 Å². The third-order valence-electron chi connectivity index (χ3n) is 5.07. The predicted molar refractivity (Wildman–Crippen MR) is 101 cm³/mol. The van der Waals surface area contributed by atoms with Gasteiger partial charge in [0.2, 0.25) is 5.82 Å². The second-order valence-corrected chi connectivity index (χ2v) is 6.93. The molecule has 140 valence electrons. The number of pyridine rings is 2. The number of aromatic nitrogens is 2. The summed E-state index contributed by atoms with van der Waals surface area (Å²) in [4.78, 5) is 18.9. The van der Waals surface area contributed by atoms with Crippen molar-refractivity contribution in [3.63, 3.8) is 0 Å². The van der Waals surface area contributed by atoms with Crippen molar-refractivity contribution in [3.8, 4) is 17.2 Å². The summed E-state index contributed by atoms with van der Waals surface area (Å²) in [5, 5.41) is 14.0. The summed E-state index contributed by atoms with van der Waals surface area (Å²) in [7, 11) is 0. The topological polar surface area (TPSA) is 99.4 Å². The Morgan fingerprint density at radius 1 is 1.14 bits per heavy atom. The molecule has 1 spiro atoms. The number of benzene rings is 1. The standard InChI is InChI=1S/C20H16N4O4/c25-24(26)14-3-2-10-21-19(14)23-17-7-6-13(11-22-17)28-16-5-1-4-15-18(16)20(8-9-20)12-27-15/h1-7,10-11H,8-9,12H2,(H,21,22,23). The molecule has 28 heavy (non-hydrogen) atoms. The number of nitro groups is 1. The van der Waals surface area contributed by atoms with E-state index in [4.69, 9.17) is 9.47 Å². The van der Waals surface area contributed by atoms with E-state index in [1.807, 2.05) is 18.2 Å². The van der Waals surface area contributed by atoms with Crippen molar-refractivity contribution in [2.45, 2.75) is 18.3 Å². The van der Waals surface area contributed by atoms with Crippen LogP contribution in [0.5, 0.6) is 17.2 Å². The van der Waals surface area contributed by atoms with Gasteiger partial charge in [-0.05, 0) is 43.2 Å². The first kappa shape index (κ1) is 16.5. The summed E-state index contributed by atoms with van der Waals surface area (Å²) in [6.45, 7) is 0.715. The van der Waals surface area contributed by atoms with Gasteiger partial charge in [0.15, 0.2) is 0 Å². The lowest BCUT2D eigenvalue weighted by Gasteiger charge is -2.13. The first-order chi connectivity index (χ1) is 13.6. The van der Waals surface area contributed by atoms with Gasteiger partial charge in [-0.3, -0.25) is 10.1 Å². The fourth-order valence-electron chi connectivity index (χ4n) is 3.48. The minimum atomic E-state index is -0.488. The van der Waals surface area contributed by atoms with Crippen molar-refractivity contribution in [1.29, 1.82) is 0 Å². The third-order valence-corrected chi connectivity index (χ3v) is 5.07. The number of nitrogens with one attached hydrogen (secondary N) is 1. The van der Waals surface area contributed by atoms with Gasteiger partial charge < -0.3 is 14.8 Å². The Balaban J connectivity index is 1.36. The fraction of sp³-hybridized carbons (Fsp3) is 0.200. The Kier molecular flexibility index (Phi) is 3.65. The van der Waals surface area contributed by atoms with Crippen LogP contribution in [0.1, 0.15) is 18.4 Å². The van der Waals surface area contributed by atoms with Crippen molar-refractivity contribution in [1.82, 2.24) is 9.97 Å². The zero-order valence-electron chi connectivity index (χ0n) is 14.8. The van der Waals surface area contributed by atoms with Gasteiger partial charge in [-0.1, -0.05) is 6.07 Å². The number of ether oxygens (including phenoxy) is 2. The molecule has 0 atom stereocenters. The van der Waals surface area contributed by atoms with Crippen LogP contribution < -0.4 is 14.8 Å². The molecule has 1 fully saturated rings. The molecule has 1 aliphatic heterocycles. The smallest absolute Gasteiger partial charge is 0.311 e. The zero-order valence-corrected chi connectivity index (χ0v) is 14.8. The molecule has 8 nitrogen and oxygen atoms in total. The van der Waals surface area contributed by atoms with E-state index in [0.29, 0.717) is 18.2 Å². The fourth-order valence-corrected chi connectivity index (χ4v) is 3.48. The average Bonchev–Trinajstić information content (AvgIpc) is 3.39. The van der Waals surface area contributed by atoms with Crippen LogP contribution in [0.25, 0.3) is 0 Å². The molecule has 0 unspecified atom stereocenters. The molecule has 0 saturated heterocycles. The maximum absolute atomic E-state index is 11.1. The van der Waals surface area contributed by atoms with Crippen LogP contribution >= 0.6 is 0 Å². The van der Waals surface area contributed by atoms with Crippen molar-refractivity contribution in [2.75, 3.05) is 11.9 Å². The number of rotatable bonds is 5. The molecule has 1 aromatic carbocycles. The Labute approximate surface area is 160 Å². The van der Waals surface area contributed by atoms with E-state index in [9.17, 15) is 10.1 Å². The lowest BCUT2D eigenvalue weighted by molar-refractivity contribution is -0.384. The van der Waals surface area contributed by atoms with Crippen molar-refractivity contribution >= 4 is 17.3 Å². The van der Waals surface area contributed by atoms with E-state index in [2.05, 4.69) is 15.3 Å². The Morgan fingerprint density at radius 3 is 2.79 bits per heavy atom. The van der Waals surface area contributed by atoms with Gasteiger partial charge in [-0.2, -0.15) is 0 Å². The van der Waals surface area contributed by atoms with Crippen LogP contribution in [0, 0.1) is 10.1 Å². The first-order valence-electron chi connectivity index (χ1n) is 8.91. The van der Waals surface area contributed by atoms with E-state index in [0.717, 1.165) is 29.9 Å². The highest BCUT2D eigenvalue weighted by molar-refractivity contribution is 5.63. The molecule has 2 aromatic heterocycles. The molecule has 0 bridgehead atoms. The van der Waals surface area contributed by atoms with Gasteiger partial charge in [-0.25, -0.2) is 9.97 Å². The summed E-state index contributed by atoms with van der Waals surface area (Å²) in [5.74, 6) is 2.84. The van der Waals surface area contributed by atoms with Crippen molar-refractivity contribution in [2.24, 2.45) is 0 Å². The van der Waals surface area contributed by atoms with Gasteiger partial charge in [0.1, 0.15) is 23.1 Å². The molecule has 2 aliphatic rings. The SMILES string of the molecule is O=[N+]([O-])c1cccnc1Nc1ccc(Oc2cccc3c2C2(CC2)CO3)cn1. The first-order valence-corrected chi connectivity index (χ1v) is 8.91. The van der Waals surface area contributed by atoms with Crippen LogP contribution in [-0.2, 0) is 5.41 Å². The van der Waals surface area contributed by atoms with Gasteiger partial charge in [0.05, 0.1) is 17.7 Å². The second-order valence-electron chi connectivity index (χ2n) is 6.93. The molecular weight excluding hydrogens is 360 g/mol. The monoisotopic (exact) mass is 376 g/mol. The predicted octanol–water partition coefficient (Wildman–Crippen LogP) is 4.34. The summed E-state index contributed by atoms with van der Waals surface area (Å²) < 4.78 is 11.9. The van der Waals surface area contributed by atoms with E-state index >= 15 is 0 Å². The minimum Gasteiger partial charge on any atom is -0.492 e. The Morgan fingerprint density at radius 2 is 2.04 bits per heavy atom. The summed E-state index contributed by atoms with van der Waals surface area (Å²) >= 11 is 0. The summed E-state index contributed by atoms with van der Waals surface area (Å²) in [6.07, 6.45) is 5.29. The average molecular weight is 376 g/mol. The van der Waals surface area contributed by atoms with E-state index in [1.54, 1.807) is 18.3 Å². The highest BCUT2D eigenvalue weighted by atomic mass is 16.6. The molecule has 3 heterocycles. The normalized spacial score (nSPS) is 15.6. The van der Waals surface area contributed by atoms with Crippen LogP contribution in [-0.4, -0.2) is 21.5 Å². The molecule has 8 heteroatoms. The molecule has 5 rings (SSSR count). The molecule has 0 radical (unpaired) electrons. The maximum Gasteiger partial charge on any atom is 0.311 e. The zero-order chi connectivity index (χ0) is 19.1. The summed E-state index contributed by atoms with van der Waals surface area (Å²) in [5.41, 5.74) is 1.14. The van der Waals surface area contributed by atoms with Gasteiger partial charge >= 0.3 is 5.69 Å². The quantitative estimate of drug-likeness (QED) is 0.522. The van der Waals surface area contributed by atoms with Gasteiger partial charge in [-0.15, -0.1) is 0 Å². The van der Waals surface area contributed by atoms with Crippen molar-refractivity contribution < 1.29 is 14.4 Å². The maximum atomic E-state index is 11.1. The minimum absolute atomic E-state index is 0.110. The largest absolute Gasteiger partial charge is 0.492 e. The molecule has 1 N–H and O–H groups in total.